The molecule has 2 heterocycles. The van der Waals surface area contributed by atoms with E-state index < -0.39 is 0 Å². The topological polar surface area (TPSA) is 33.7 Å². The van der Waals surface area contributed by atoms with Gasteiger partial charge in [-0.2, -0.15) is 0 Å². The maximum atomic E-state index is 5.82. The molecule has 0 saturated carbocycles. The number of ether oxygens (including phenoxy) is 2. The van der Waals surface area contributed by atoms with Crippen LogP contribution in [0.15, 0.2) is 12.1 Å². The second-order valence-electron chi connectivity index (χ2n) is 5.05. The number of nitrogens with zero attached hydrogens (tertiary/aromatic N) is 1. The number of fused-ring (bicyclic) bond motifs is 1. The number of rotatable bonds is 1. The molecule has 0 amide bonds. The average molecular weight is 248 g/mol. The van der Waals surface area contributed by atoms with Gasteiger partial charge in [0.25, 0.3) is 0 Å². The van der Waals surface area contributed by atoms with E-state index >= 15 is 0 Å². The summed E-state index contributed by atoms with van der Waals surface area (Å²) in [6.45, 7) is 8.69. The van der Waals surface area contributed by atoms with Gasteiger partial charge < -0.3 is 19.7 Å². The van der Waals surface area contributed by atoms with Crippen molar-refractivity contribution < 1.29 is 9.47 Å². The molecule has 1 saturated heterocycles. The molecule has 1 aromatic carbocycles. The van der Waals surface area contributed by atoms with E-state index in [9.17, 15) is 0 Å². The van der Waals surface area contributed by atoms with Crippen LogP contribution < -0.4 is 19.7 Å². The molecule has 0 bridgehead atoms. The number of anilines is 1. The van der Waals surface area contributed by atoms with Gasteiger partial charge in [0.1, 0.15) is 13.2 Å². The van der Waals surface area contributed by atoms with Crippen molar-refractivity contribution in [2.24, 2.45) is 0 Å². The van der Waals surface area contributed by atoms with Gasteiger partial charge in [0.2, 0.25) is 0 Å². The van der Waals surface area contributed by atoms with Gasteiger partial charge in [-0.25, -0.2) is 0 Å². The Morgan fingerprint density at radius 3 is 2.94 bits per heavy atom. The van der Waals surface area contributed by atoms with Gasteiger partial charge in [-0.1, -0.05) is 0 Å². The van der Waals surface area contributed by atoms with Crippen LogP contribution in [-0.4, -0.2) is 38.9 Å². The van der Waals surface area contributed by atoms with E-state index in [1.54, 1.807) is 0 Å². The number of aryl methyl sites for hydroxylation is 1. The summed E-state index contributed by atoms with van der Waals surface area (Å²) in [6.07, 6.45) is 0. The fourth-order valence-corrected chi connectivity index (χ4v) is 2.68. The van der Waals surface area contributed by atoms with Gasteiger partial charge >= 0.3 is 0 Å². The van der Waals surface area contributed by atoms with Crippen molar-refractivity contribution >= 4 is 5.69 Å². The molecule has 1 fully saturated rings. The smallest absolute Gasteiger partial charge is 0.184 e. The summed E-state index contributed by atoms with van der Waals surface area (Å²) in [4.78, 5) is 2.41. The van der Waals surface area contributed by atoms with Crippen molar-refractivity contribution in [1.29, 1.82) is 0 Å². The zero-order valence-corrected chi connectivity index (χ0v) is 11.0. The lowest BCUT2D eigenvalue weighted by Gasteiger charge is -2.37. The third kappa shape index (κ3) is 2.01. The molecule has 0 spiro atoms. The average Bonchev–Trinajstić information content (AvgIpc) is 2.38. The highest BCUT2D eigenvalue weighted by Crippen LogP contribution is 2.41. The molecule has 4 nitrogen and oxygen atoms in total. The summed E-state index contributed by atoms with van der Waals surface area (Å²) in [5.41, 5.74) is 2.40. The lowest BCUT2D eigenvalue weighted by molar-refractivity contribution is 0.171. The van der Waals surface area contributed by atoms with Crippen molar-refractivity contribution in [1.82, 2.24) is 5.32 Å². The Morgan fingerprint density at radius 2 is 2.11 bits per heavy atom. The highest BCUT2D eigenvalue weighted by atomic mass is 16.6. The Labute approximate surface area is 108 Å². The monoisotopic (exact) mass is 248 g/mol. The Bertz CT molecular complexity index is 448. The molecule has 18 heavy (non-hydrogen) atoms. The minimum Gasteiger partial charge on any atom is -0.486 e. The zero-order chi connectivity index (χ0) is 12.5. The Hall–Kier alpha value is -1.42. The zero-order valence-electron chi connectivity index (χ0n) is 11.0. The van der Waals surface area contributed by atoms with E-state index in [2.05, 4.69) is 36.2 Å². The van der Waals surface area contributed by atoms with Gasteiger partial charge in [-0.3, -0.25) is 0 Å². The normalized spacial score (nSPS) is 23.0. The molecule has 1 atom stereocenters. The summed E-state index contributed by atoms with van der Waals surface area (Å²) in [5.74, 6) is 1.81. The quantitative estimate of drug-likeness (QED) is 0.818. The molecule has 98 valence electrons. The number of benzene rings is 1. The van der Waals surface area contributed by atoms with Crippen LogP contribution in [-0.2, 0) is 0 Å². The summed E-state index contributed by atoms with van der Waals surface area (Å²) in [7, 11) is 0. The van der Waals surface area contributed by atoms with Crippen molar-refractivity contribution in [3.8, 4) is 11.5 Å². The van der Waals surface area contributed by atoms with Crippen molar-refractivity contribution in [3.63, 3.8) is 0 Å². The predicted molar refractivity (Wildman–Crippen MR) is 71.8 cm³/mol. The van der Waals surface area contributed by atoms with Crippen LogP contribution in [0.3, 0.4) is 0 Å². The lowest BCUT2D eigenvalue weighted by atomic mass is 10.1. The minimum absolute atomic E-state index is 0.482. The first-order chi connectivity index (χ1) is 8.75. The summed E-state index contributed by atoms with van der Waals surface area (Å²) >= 11 is 0. The van der Waals surface area contributed by atoms with Gasteiger partial charge in [-0.15, -0.1) is 0 Å². The molecule has 3 rings (SSSR count). The number of hydrogen-bond donors (Lipinski definition) is 1. The molecule has 0 aromatic heterocycles. The third-order valence-corrected chi connectivity index (χ3v) is 3.58. The highest BCUT2D eigenvalue weighted by Gasteiger charge is 2.25. The maximum Gasteiger partial charge on any atom is 0.184 e. The van der Waals surface area contributed by atoms with Crippen LogP contribution in [0.2, 0.25) is 0 Å². The van der Waals surface area contributed by atoms with Gasteiger partial charge in [0, 0.05) is 25.7 Å². The fourth-order valence-electron chi connectivity index (χ4n) is 2.68. The third-order valence-electron chi connectivity index (χ3n) is 3.58. The number of piperazine rings is 1. The van der Waals surface area contributed by atoms with Gasteiger partial charge in [0.05, 0.1) is 5.69 Å². The van der Waals surface area contributed by atoms with E-state index in [-0.39, 0.29) is 0 Å². The van der Waals surface area contributed by atoms with Crippen LogP contribution >= 0.6 is 0 Å². The lowest BCUT2D eigenvalue weighted by Crippen LogP contribution is -2.50. The van der Waals surface area contributed by atoms with Crippen molar-refractivity contribution in [2.75, 3.05) is 37.7 Å². The Kier molecular flexibility index (Phi) is 3.04. The summed E-state index contributed by atoms with van der Waals surface area (Å²) < 4.78 is 11.5. The standard InChI is InChI=1S/C14H20N2O2/c1-10-7-12(16-4-3-15-9-11(16)2)14-13(8-10)17-5-6-18-14/h7-8,11,15H,3-6,9H2,1-2H3. The number of hydrogen-bond acceptors (Lipinski definition) is 4. The summed E-state index contributed by atoms with van der Waals surface area (Å²) in [5, 5.41) is 3.42. The first kappa shape index (κ1) is 11.7. The van der Waals surface area contributed by atoms with Gasteiger partial charge in [0.15, 0.2) is 11.5 Å². The van der Waals surface area contributed by atoms with Crippen molar-refractivity contribution in [2.45, 2.75) is 19.9 Å². The first-order valence-corrected chi connectivity index (χ1v) is 6.63. The Morgan fingerprint density at radius 1 is 1.28 bits per heavy atom. The molecule has 0 radical (unpaired) electrons. The SMILES string of the molecule is Cc1cc2c(c(N3CCNCC3C)c1)OCCO2. The second-order valence-corrected chi connectivity index (χ2v) is 5.05. The molecular weight excluding hydrogens is 228 g/mol. The molecular formula is C14H20N2O2. The molecule has 2 aliphatic rings. The molecule has 1 unspecified atom stereocenters. The molecule has 4 heteroatoms. The largest absolute Gasteiger partial charge is 0.486 e. The molecule has 2 aliphatic heterocycles. The van der Waals surface area contributed by atoms with Gasteiger partial charge in [-0.05, 0) is 31.5 Å². The first-order valence-electron chi connectivity index (χ1n) is 6.63. The van der Waals surface area contributed by atoms with E-state index in [4.69, 9.17) is 9.47 Å². The maximum absolute atomic E-state index is 5.82. The Balaban J connectivity index is 2.01. The van der Waals surface area contributed by atoms with E-state index in [1.165, 1.54) is 11.3 Å². The molecule has 1 N–H and O–H groups in total. The second kappa shape index (κ2) is 4.69. The van der Waals surface area contributed by atoms with E-state index in [0.29, 0.717) is 19.3 Å². The molecule has 1 aromatic rings. The van der Waals surface area contributed by atoms with E-state index in [1.807, 2.05) is 0 Å². The van der Waals surface area contributed by atoms with Crippen molar-refractivity contribution in [3.05, 3.63) is 17.7 Å². The minimum atomic E-state index is 0.482. The molecule has 0 aliphatic carbocycles. The van der Waals surface area contributed by atoms with E-state index in [0.717, 1.165) is 31.1 Å². The highest BCUT2D eigenvalue weighted by molar-refractivity contribution is 5.67. The number of nitrogens with one attached hydrogen (secondary N) is 1. The fraction of sp³-hybridized carbons (Fsp3) is 0.571. The van der Waals surface area contributed by atoms with Crippen LogP contribution in [0, 0.1) is 6.92 Å². The van der Waals surface area contributed by atoms with Crippen LogP contribution in [0.1, 0.15) is 12.5 Å². The van der Waals surface area contributed by atoms with Crippen LogP contribution in [0.4, 0.5) is 5.69 Å². The summed E-state index contributed by atoms with van der Waals surface area (Å²) in [6, 6.07) is 4.75. The van der Waals surface area contributed by atoms with Crippen LogP contribution in [0.5, 0.6) is 11.5 Å². The predicted octanol–water partition coefficient (Wildman–Crippen LogP) is 1.56. The van der Waals surface area contributed by atoms with Crippen LogP contribution in [0.25, 0.3) is 0 Å².